The molecule has 13 heavy (non-hydrogen) atoms. The van der Waals surface area contributed by atoms with Gasteiger partial charge in [0.25, 0.3) is 0 Å². The quantitative estimate of drug-likeness (QED) is 0.655. The molecule has 2 aromatic rings. The second kappa shape index (κ2) is 3.00. The highest BCUT2D eigenvalue weighted by Crippen LogP contribution is 2.15. The summed E-state index contributed by atoms with van der Waals surface area (Å²) in [6.07, 6.45) is 3.65. The van der Waals surface area contributed by atoms with Crippen LogP contribution in [0.3, 0.4) is 0 Å². The van der Waals surface area contributed by atoms with Gasteiger partial charge in [-0.2, -0.15) is 0 Å². The van der Waals surface area contributed by atoms with Gasteiger partial charge < -0.3 is 0 Å². The topological polar surface area (TPSA) is 30.2 Å². The van der Waals surface area contributed by atoms with E-state index in [1.807, 2.05) is 10.6 Å². The fourth-order valence-electron chi connectivity index (χ4n) is 1.17. The third-order valence-electron chi connectivity index (χ3n) is 1.92. The van der Waals surface area contributed by atoms with Gasteiger partial charge in [-0.05, 0) is 5.92 Å². The van der Waals surface area contributed by atoms with E-state index in [1.165, 1.54) is 0 Å². The van der Waals surface area contributed by atoms with Crippen LogP contribution in [0.2, 0.25) is 5.15 Å². The molecule has 2 rings (SSSR count). The Bertz CT molecular complexity index is 433. The first-order valence-electron chi connectivity index (χ1n) is 4.17. The zero-order valence-corrected chi connectivity index (χ0v) is 8.28. The Morgan fingerprint density at radius 2 is 2.23 bits per heavy atom. The summed E-state index contributed by atoms with van der Waals surface area (Å²) >= 11 is 5.74. The minimum absolute atomic E-state index is 0.429. The number of halogens is 1. The largest absolute Gasteiger partial charge is 0.290 e. The van der Waals surface area contributed by atoms with Gasteiger partial charge in [-0.25, -0.2) is 9.97 Å². The van der Waals surface area contributed by atoms with Crippen molar-refractivity contribution in [2.75, 3.05) is 0 Å². The maximum absolute atomic E-state index is 5.74. The lowest BCUT2D eigenvalue weighted by molar-refractivity contribution is 0.834. The summed E-state index contributed by atoms with van der Waals surface area (Å²) in [6, 6.07) is 1.76. The van der Waals surface area contributed by atoms with Crippen molar-refractivity contribution in [3.05, 3.63) is 29.4 Å². The molecule has 0 fully saturated rings. The van der Waals surface area contributed by atoms with Crippen molar-refractivity contribution in [3.63, 3.8) is 0 Å². The maximum atomic E-state index is 5.74. The summed E-state index contributed by atoms with van der Waals surface area (Å²) in [6.45, 7) is 4.22. The number of hydrogen-bond acceptors (Lipinski definition) is 2. The summed E-state index contributed by atoms with van der Waals surface area (Å²) < 4.78 is 1.88. The summed E-state index contributed by atoms with van der Waals surface area (Å²) in [4.78, 5) is 8.38. The Morgan fingerprint density at radius 3 is 2.92 bits per heavy atom. The maximum Gasteiger partial charge on any atom is 0.141 e. The minimum atomic E-state index is 0.429. The van der Waals surface area contributed by atoms with Crippen LogP contribution >= 0.6 is 11.6 Å². The van der Waals surface area contributed by atoms with E-state index in [1.54, 1.807) is 12.4 Å². The molecule has 2 aromatic heterocycles. The van der Waals surface area contributed by atoms with E-state index < -0.39 is 0 Å². The molecule has 0 saturated carbocycles. The number of hydrogen-bond donors (Lipinski definition) is 0. The first-order valence-corrected chi connectivity index (χ1v) is 4.55. The molecule has 68 valence electrons. The van der Waals surface area contributed by atoms with Gasteiger partial charge in [0.15, 0.2) is 0 Å². The van der Waals surface area contributed by atoms with Gasteiger partial charge in [0.2, 0.25) is 0 Å². The molecular weight excluding hydrogens is 186 g/mol. The van der Waals surface area contributed by atoms with Crippen LogP contribution in [0.25, 0.3) is 5.65 Å². The molecule has 0 saturated heterocycles. The summed E-state index contributed by atoms with van der Waals surface area (Å²) in [5.41, 5.74) is 1.91. The van der Waals surface area contributed by atoms with Gasteiger partial charge in [-0.1, -0.05) is 25.4 Å². The van der Waals surface area contributed by atoms with Crippen LogP contribution in [-0.4, -0.2) is 14.4 Å². The van der Waals surface area contributed by atoms with Gasteiger partial charge >= 0.3 is 0 Å². The monoisotopic (exact) mass is 195 g/mol. The molecule has 0 aliphatic heterocycles. The molecule has 0 atom stereocenters. The molecule has 0 aliphatic rings. The zero-order chi connectivity index (χ0) is 9.42. The number of nitrogens with zero attached hydrogens (tertiary/aromatic N) is 3. The average molecular weight is 196 g/mol. The molecule has 0 N–H and O–H groups in total. The van der Waals surface area contributed by atoms with E-state index in [4.69, 9.17) is 11.6 Å². The highest BCUT2D eigenvalue weighted by atomic mass is 35.5. The molecular formula is C9H10ClN3. The van der Waals surface area contributed by atoms with E-state index >= 15 is 0 Å². The lowest BCUT2D eigenvalue weighted by Crippen LogP contribution is -1.84. The van der Waals surface area contributed by atoms with E-state index in [9.17, 15) is 0 Å². The van der Waals surface area contributed by atoms with Crippen molar-refractivity contribution >= 4 is 17.2 Å². The molecule has 3 nitrogen and oxygen atoms in total. The summed E-state index contributed by atoms with van der Waals surface area (Å²) in [7, 11) is 0. The van der Waals surface area contributed by atoms with Gasteiger partial charge in [-0.3, -0.25) is 4.40 Å². The predicted octanol–water partition coefficient (Wildman–Crippen LogP) is 2.51. The van der Waals surface area contributed by atoms with Crippen LogP contribution in [0.15, 0.2) is 18.6 Å². The minimum Gasteiger partial charge on any atom is -0.290 e. The summed E-state index contributed by atoms with van der Waals surface area (Å²) in [5.74, 6) is 0.429. The zero-order valence-electron chi connectivity index (χ0n) is 7.53. The second-order valence-electron chi connectivity index (χ2n) is 3.30. The second-order valence-corrected chi connectivity index (χ2v) is 3.68. The third kappa shape index (κ3) is 1.52. The Balaban J connectivity index is 2.62. The molecule has 2 heterocycles. The van der Waals surface area contributed by atoms with Crippen LogP contribution < -0.4 is 0 Å². The lowest BCUT2D eigenvalue weighted by Gasteiger charge is -1.94. The molecule has 0 unspecified atom stereocenters. The van der Waals surface area contributed by atoms with E-state index in [-0.39, 0.29) is 0 Å². The molecule has 0 aliphatic carbocycles. The van der Waals surface area contributed by atoms with Gasteiger partial charge in [0.05, 0.1) is 5.69 Å². The normalized spacial score (nSPS) is 11.4. The third-order valence-corrected chi connectivity index (χ3v) is 2.13. The predicted molar refractivity (Wildman–Crippen MR) is 52.1 cm³/mol. The van der Waals surface area contributed by atoms with Crippen LogP contribution in [0.4, 0.5) is 0 Å². The van der Waals surface area contributed by atoms with Crippen molar-refractivity contribution in [1.82, 2.24) is 14.4 Å². The average Bonchev–Trinajstić information content (AvgIpc) is 2.46. The van der Waals surface area contributed by atoms with Gasteiger partial charge in [-0.15, -0.1) is 0 Å². The first-order chi connectivity index (χ1) is 6.16. The smallest absolute Gasteiger partial charge is 0.141 e. The van der Waals surface area contributed by atoms with E-state index in [0.717, 1.165) is 11.3 Å². The SMILES string of the molecule is CC(C)c1cn2cnc(Cl)cc2n1. The lowest BCUT2D eigenvalue weighted by atomic mass is 10.2. The first kappa shape index (κ1) is 8.51. The highest BCUT2D eigenvalue weighted by molar-refractivity contribution is 6.29. The van der Waals surface area contributed by atoms with Crippen molar-refractivity contribution in [2.24, 2.45) is 0 Å². The van der Waals surface area contributed by atoms with Crippen molar-refractivity contribution in [2.45, 2.75) is 19.8 Å². The van der Waals surface area contributed by atoms with Crippen LogP contribution in [-0.2, 0) is 0 Å². The van der Waals surface area contributed by atoms with Crippen LogP contribution in [0.1, 0.15) is 25.5 Å². The van der Waals surface area contributed by atoms with Crippen molar-refractivity contribution in [3.8, 4) is 0 Å². The number of rotatable bonds is 1. The molecule has 4 heteroatoms. The number of fused-ring (bicyclic) bond motifs is 1. The summed E-state index contributed by atoms with van der Waals surface area (Å²) in [5, 5.41) is 0.480. The van der Waals surface area contributed by atoms with Gasteiger partial charge in [0.1, 0.15) is 17.1 Å². The van der Waals surface area contributed by atoms with Crippen LogP contribution in [0, 0.1) is 0 Å². The number of aromatic nitrogens is 3. The standard InChI is InChI=1S/C9H10ClN3/c1-6(2)7-4-13-5-11-8(10)3-9(13)12-7/h3-6H,1-2H3. The molecule has 0 spiro atoms. The Hall–Kier alpha value is -1.09. The number of imidazole rings is 1. The fraction of sp³-hybridized carbons (Fsp3) is 0.333. The molecule has 0 aromatic carbocycles. The molecule has 0 radical (unpaired) electrons. The van der Waals surface area contributed by atoms with E-state index in [2.05, 4.69) is 23.8 Å². The van der Waals surface area contributed by atoms with Crippen molar-refractivity contribution in [1.29, 1.82) is 0 Å². The Kier molecular flexibility index (Phi) is 1.96. The van der Waals surface area contributed by atoms with Crippen LogP contribution in [0.5, 0.6) is 0 Å². The van der Waals surface area contributed by atoms with Crippen molar-refractivity contribution < 1.29 is 0 Å². The Morgan fingerprint density at radius 1 is 1.46 bits per heavy atom. The molecule has 0 amide bonds. The molecule has 0 bridgehead atoms. The highest BCUT2D eigenvalue weighted by Gasteiger charge is 2.05. The van der Waals surface area contributed by atoms with E-state index in [0.29, 0.717) is 11.1 Å². The Labute approximate surface area is 81.4 Å². The van der Waals surface area contributed by atoms with Gasteiger partial charge in [0, 0.05) is 12.3 Å². The fourth-order valence-corrected chi connectivity index (χ4v) is 1.31.